The van der Waals surface area contributed by atoms with E-state index in [1.807, 2.05) is 11.0 Å². The average Bonchev–Trinajstić information content (AvgIpc) is 2.89. The average molecular weight is 248 g/mol. The van der Waals surface area contributed by atoms with Gasteiger partial charge in [0.2, 0.25) is 5.91 Å². The Morgan fingerprint density at radius 3 is 2.94 bits per heavy atom. The largest absolute Gasteiger partial charge is 0.340 e. The van der Waals surface area contributed by atoms with Gasteiger partial charge >= 0.3 is 0 Å². The second kappa shape index (κ2) is 4.39. The number of nitrogens with zero attached hydrogens (tertiary/aromatic N) is 2. The fourth-order valence-electron chi connectivity index (χ4n) is 3.00. The number of hydrogen-bond acceptors (Lipinski definition) is 3. The third kappa shape index (κ3) is 1.92. The zero-order chi connectivity index (χ0) is 12.6. The van der Waals surface area contributed by atoms with E-state index in [1.165, 1.54) is 0 Å². The van der Waals surface area contributed by atoms with E-state index < -0.39 is 5.54 Å². The molecule has 1 aromatic heterocycles. The summed E-state index contributed by atoms with van der Waals surface area (Å²) in [5, 5.41) is 7.00. The molecule has 1 aromatic rings. The number of rotatable bonds is 2. The first-order valence-electron chi connectivity index (χ1n) is 6.76. The Morgan fingerprint density at radius 1 is 1.50 bits per heavy atom. The topological polar surface area (TPSA) is 75.0 Å². The lowest BCUT2D eigenvalue weighted by Gasteiger charge is -2.43. The lowest BCUT2D eigenvalue weighted by atomic mass is 9.76. The molecule has 0 radical (unpaired) electrons. The summed E-state index contributed by atoms with van der Waals surface area (Å²) in [6.45, 7) is 1.63. The highest BCUT2D eigenvalue weighted by Gasteiger charge is 2.43. The number of nitrogens with one attached hydrogen (secondary N) is 1. The summed E-state index contributed by atoms with van der Waals surface area (Å²) < 4.78 is 0. The summed E-state index contributed by atoms with van der Waals surface area (Å²) in [6.07, 6.45) is 6.70. The molecule has 2 fully saturated rings. The number of aromatic nitrogens is 2. The third-order valence-electron chi connectivity index (χ3n) is 4.34. The smallest absolute Gasteiger partial charge is 0.242 e. The van der Waals surface area contributed by atoms with Crippen molar-refractivity contribution in [3.05, 3.63) is 18.0 Å². The van der Waals surface area contributed by atoms with Gasteiger partial charge in [0, 0.05) is 30.9 Å². The lowest BCUT2D eigenvalue weighted by Crippen LogP contribution is -2.60. The minimum absolute atomic E-state index is 0.151. The first-order valence-corrected chi connectivity index (χ1v) is 6.76. The van der Waals surface area contributed by atoms with Gasteiger partial charge in [0.25, 0.3) is 0 Å². The van der Waals surface area contributed by atoms with Crippen LogP contribution in [-0.4, -0.2) is 39.6 Å². The fourth-order valence-corrected chi connectivity index (χ4v) is 3.00. The van der Waals surface area contributed by atoms with Crippen molar-refractivity contribution < 1.29 is 4.79 Å². The first kappa shape index (κ1) is 11.7. The molecule has 0 spiro atoms. The number of amides is 1. The summed E-state index contributed by atoms with van der Waals surface area (Å²) in [6, 6.07) is 2.00. The molecule has 2 heterocycles. The molecule has 1 saturated carbocycles. The molecule has 0 aromatic carbocycles. The fraction of sp³-hybridized carbons (Fsp3) is 0.692. The van der Waals surface area contributed by atoms with Gasteiger partial charge in [0.1, 0.15) is 0 Å². The summed E-state index contributed by atoms with van der Waals surface area (Å²) in [5.74, 6) is 0.534. The molecule has 1 aliphatic heterocycles. The van der Waals surface area contributed by atoms with E-state index >= 15 is 0 Å². The molecule has 18 heavy (non-hydrogen) atoms. The molecular formula is C13H20N4O. The van der Waals surface area contributed by atoms with E-state index in [0.29, 0.717) is 5.92 Å². The summed E-state index contributed by atoms with van der Waals surface area (Å²) in [4.78, 5) is 14.3. The highest BCUT2D eigenvalue weighted by molar-refractivity contribution is 5.87. The number of H-pyrrole nitrogens is 1. The van der Waals surface area contributed by atoms with Crippen LogP contribution in [0.15, 0.2) is 12.3 Å². The Hall–Kier alpha value is -1.36. The Morgan fingerprint density at radius 2 is 2.33 bits per heavy atom. The molecule has 3 rings (SSSR count). The Bertz CT molecular complexity index is 424. The van der Waals surface area contributed by atoms with E-state index in [4.69, 9.17) is 5.73 Å². The van der Waals surface area contributed by atoms with Crippen molar-refractivity contribution in [3.63, 3.8) is 0 Å². The van der Waals surface area contributed by atoms with Crippen molar-refractivity contribution in [2.75, 3.05) is 13.1 Å². The lowest BCUT2D eigenvalue weighted by molar-refractivity contribution is -0.141. The quantitative estimate of drug-likeness (QED) is 0.819. The molecular weight excluding hydrogens is 228 g/mol. The van der Waals surface area contributed by atoms with Gasteiger partial charge in [-0.1, -0.05) is 0 Å². The second-order valence-electron chi connectivity index (χ2n) is 5.61. The number of piperidine rings is 1. The van der Waals surface area contributed by atoms with Crippen molar-refractivity contribution in [1.29, 1.82) is 0 Å². The maximum absolute atomic E-state index is 12.4. The molecule has 1 amide bonds. The zero-order valence-electron chi connectivity index (χ0n) is 10.6. The highest BCUT2D eigenvalue weighted by Crippen LogP contribution is 2.33. The predicted octanol–water partition coefficient (Wildman–Crippen LogP) is 0.997. The second-order valence-corrected chi connectivity index (χ2v) is 5.61. The standard InChI is InChI=1S/C13H20N4O/c14-13(5-2-6-13)12(18)17-8-1-3-10(9-17)11-4-7-15-16-11/h4,7,10H,1-3,5-6,8-9,14H2,(H,15,16). The zero-order valence-corrected chi connectivity index (χ0v) is 10.6. The normalized spacial score (nSPS) is 26.7. The van der Waals surface area contributed by atoms with Gasteiger partial charge in [0.15, 0.2) is 0 Å². The Kier molecular flexibility index (Phi) is 2.86. The van der Waals surface area contributed by atoms with E-state index in [0.717, 1.165) is 50.9 Å². The van der Waals surface area contributed by atoms with Crippen LogP contribution in [0.5, 0.6) is 0 Å². The molecule has 1 saturated heterocycles. The monoisotopic (exact) mass is 248 g/mol. The van der Waals surface area contributed by atoms with E-state index in [-0.39, 0.29) is 5.91 Å². The molecule has 1 aliphatic carbocycles. The Labute approximate surface area is 107 Å². The first-order chi connectivity index (χ1) is 8.69. The van der Waals surface area contributed by atoms with Crippen molar-refractivity contribution >= 4 is 5.91 Å². The molecule has 2 aliphatic rings. The molecule has 5 heteroatoms. The minimum Gasteiger partial charge on any atom is -0.340 e. The van der Waals surface area contributed by atoms with Crippen LogP contribution in [-0.2, 0) is 4.79 Å². The van der Waals surface area contributed by atoms with Crippen LogP contribution in [0, 0.1) is 0 Å². The van der Waals surface area contributed by atoms with E-state index in [1.54, 1.807) is 6.20 Å². The molecule has 3 N–H and O–H groups in total. The van der Waals surface area contributed by atoms with Gasteiger partial charge in [-0.3, -0.25) is 9.89 Å². The van der Waals surface area contributed by atoms with Crippen LogP contribution in [0.1, 0.15) is 43.7 Å². The number of carbonyl (C=O) groups excluding carboxylic acids is 1. The number of likely N-dealkylation sites (tertiary alicyclic amines) is 1. The van der Waals surface area contributed by atoms with Gasteiger partial charge in [-0.2, -0.15) is 5.10 Å². The van der Waals surface area contributed by atoms with Crippen molar-refractivity contribution in [2.45, 2.75) is 43.6 Å². The van der Waals surface area contributed by atoms with Crippen LogP contribution in [0.25, 0.3) is 0 Å². The van der Waals surface area contributed by atoms with Gasteiger partial charge in [0.05, 0.1) is 5.54 Å². The highest BCUT2D eigenvalue weighted by atomic mass is 16.2. The molecule has 5 nitrogen and oxygen atoms in total. The summed E-state index contributed by atoms with van der Waals surface area (Å²) in [5.41, 5.74) is 6.70. The number of aromatic amines is 1. The van der Waals surface area contributed by atoms with Crippen molar-refractivity contribution in [3.8, 4) is 0 Å². The van der Waals surface area contributed by atoms with Crippen LogP contribution in [0.2, 0.25) is 0 Å². The van der Waals surface area contributed by atoms with Gasteiger partial charge < -0.3 is 10.6 Å². The van der Waals surface area contributed by atoms with Crippen molar-refractivity contribution in [1.82, 2.24) is 15.1 Å². The maximum Gasteiger partial charge on any atom is 0.242 e. The number of carbonyl (C=O) groups is 1. The van der Waals surface area contributed by atoms with Crippen molar-refractivity contribution in [2.24, 2.45) is 5.73 Å². The molecule has 1 atom stereocenters. The van der Waals surface area contributed by atoms with E-state index in [9.17, 15) is 4.79 Å². The molecule has 98 valence electrons. The van der Waals surface area contributed by atoms with Crippen LogP contribution in [0.3, 0.4) is 0 Å². The van der Waals surface area contributed by atoms with E-state index in [2.05, 4.69) is 10.2 Å². The Balaban J connectivity index is 1.69. The third-order valence-corrected chi connectivity index (χ3v) is 4.34. The SMILES string of the molecule is NC1(C(=O)N2CCCC(c3ccn[nH]3)C2)CCC1. The summed E-state index contributed by atoms with van der Waals surface area (Å²) in [7, 11) is 0. The van der Waals surface area contributed by atoms with Crippen LogP contribution in [0.4, 0.5) is 0 Å². The maximum atomic E-state index is 12.4. The summed E-state index contributed by atoms with van der Waals surface area (Å²) >= 11 is 0. The van der Waals surface area contributed by atoms with Gasteiger partial charge in [-0.15, -0.1) is 0 Å². The van der Waals surface area contributed by atoms with Gasteiger partial charge in [-0.25, -0.2) is 0 Å². The minimum atomic E-state index is -0.560. The van der Waals surface area contributed by atoms with Crippen LogP contribution >= 0.6 is 0 Å². The van der Waals surface area contributed by atoms with Crippen LogP contribution < -0.4 is 5.73 Å². The molecule has 0 bridgehead atoms. The molecule has 1 unspecified atom stereocenters. The predicted molar refractivity (Wildman–Crippen MR) is 67.9 cm³/mol. The number of nitrogens with two attached hydrogens (primary N) is 1. The van der Waals surface area contributed by atoms with Gasteiger partial charge in [-0.05, 0) is 38.2 Å². The number of hydrogen-bond donors (Lipinski definition) is 2.